The highest BCUT2D eigenvalue weighted by Crippen LogP contribution is 2.28. The Bertz CT molecular complexity index is 340. The van der Waals surface area contributed by atoms with Crippen LogP contribution in [-0.2, 0) is 4.79 Å². The van der Waals surface area contributed by atoms with Crippen LogP contribution in [0.1, 0.15) is 31.2 Å². The molecule has 90 valence electrons. The first-order chi connectivity index (χ1) is 7.65. The van der Waals surface area contributed by atoms with E-state index < -0.39 is 0 Å². The lowest BCUT2D eigenvalue weighted by atomic mass is 10.3. The molecule has 5 heteroatoms. The Morgan fingerprint density at radius 3 is 2.94 bits per heavy atom. The Kier molecular flexibility index (Phi) is 6.01. The lowest BCUT2D eigenvalue weighted by Crippen LogP contribution is -2.35. The van der Waals surface area contributed by atoms with Gasteiger partial charge in [-0.3, -0.25) is 4.79 Å². The van der Waals surface area contributed by atoms with Crippen LogP contribution in [-0.4, -0.2) is 19.0 Å². The fourth-order valence-corrected chi connectivity index (χ4v) is 3.03. The summed E-state index contributed by atoms with van der Waals surface area (Å²) < 4.78 is 1.10. The average Bonchev–Trinajstić information content (AvgIpc) is 2.69. The summed E-state index contributed by atoms with van der Waals surface area (Å²) >= 11 is 5.17. The quantitative estimate of drug-likeness (QED) is 0.848. The smallest absolute Gasteiger partial charge is 0.233 e. The molecule has 0 bridgehead atoms. The molecule has 0 saturated carbocycles. The molecule has 16 heavy (non-hydrogen) atoms. The second-order valence-corrected chi connectivity index (χ2v) is 5.39. The van der Waals surface area contributed by atoms with Gasteiger partial charge in [-0.05, 0) is 40.7 Å². The minimum atomic E-state index is 0.0568. The molecule has 1 heterocycles. The molecule has 1 amide bonds. The van der Waals surface area contributed by atoms with Crippen molar-refractivity contribution in [1.82, 2.24) is 10.6 Å². The summed E-state index contributed by atoms with van der Waals surface area (Å²) in [5.74, 6) is 0.0568. The highest BCUT2D eigenvalue weighted by molar-refractivity contribution is 9.10. The molecule has 1 rings (SSSR count). The highest BCUT2D eigenvalue weighted by atomic mass is 79.9. The van der Waals surface area contributed by atoms with E-state index in [2.05, 4.69) is 33.5 Å². The van der Waals surface area contributed by atoms with Crippen molar-refractivity contribution in [2.24, 2.45) is 0 Å². The summed E-state index contributed by atoms with van der Waals surface area (Å²) in [4.78, 5) is 12.6. The van der Waals surface area contributed by atoms with Gasteiger partial charge in [-0.1, -0.05) is 6.92 Å². The van der Waals surface area contributed by atoms with E-state index in [9.17, 15) is 4.79 Å². The maximum atomic E-state index is 11.4. The van der Waals surface area contributed by atoms with Crippen molar-refractivity contribution in [3.05, 3.63) is 20.8 Å². The van der Waals surface area contributed by atoms with E-state index in [-0.39, 0.29) is 11.9 Å². The van der Waals surface area contributed by atoms with E-state index in [0.29, 0.717) is 6.54 Å². The number of thiophene rings is 1. The standard InChI is InChI=1S/C11H17BrN2OS/c1-3-5-13-10(15)7-14-8(2)11-9(12)4-6-16-11/h4,6,8,14H,3,5,7H2,1-2H3,(H,13,15). The zero-order valence-electron chi connectivity index (χ0n) is 9.55. The Morgan fingerprint density at radius 2 is 2.38 bits per heavy atom. The molecule has 0 aliphatic heterocycles. The molecule has 1 atom stereocenters. The van der Waals surface area contributed by atoms with Crippen LogP contribution in [0, 0.1) is 0 Å². The van der Waals surface area contributed by atoms with Gasteiger partial charge in [0.15, 0.2) is 0 Å². The van der Waals surface area contributed by atoms with Gasteiger partial charge in [-0.25, -0.2) is 0 Å². The number of hydrogen-bond acceptors (Lipinski definition) is 3. The van der Waals surface area contributed by atoms with Crippen molar-refractivity contribution in [3.63, 3.8) is 0 Å². The zero-order chi connectivity index (χ0) is 12.0. The molecule has 0 radical (unpaired) electrons. The maximum absolute atomic E-state index is 11.4. The predicted molar refractivity (Wildman–Crippen MR) is 71.7 cm³/mol. The fourth-order valence-electron chi connectivity index (χ4n) is 1.28. The number of carbonyl (C=O) groups is 1. The van der Waals surface area contributed by atoms with Crippen LogP contribution in [0.5, 0.6) is 0 Å². The molecule has 1 aromatic rings. The average molecular weight is 305 g/mol. The van der Waals surface area contributed by atoms with E-state index in [1.807, 2.05) is 18.4 Å². The topological polar surface area (TPSA) is 41.1 Å². The van der Waals surface area contributed by atoms with Crippen molar-refractivity contribution < 1.29 is 4.79 Å². The molecule has 0 fully saturated rings. The Labute approximate surface area is 109 Å². The predicted octanol–water partition coefficient (Wildman–Crippen LogP) is 2.69. The molecule has 0 spiro atoms. The number of rotatable bonds is 6. The van der Waals surface area contributed by atoms with Gasteiger partial charge >= 0.3 is 0 Å². The van der Waals surface area contributed by atoms with Gasteiger partial charge in [0.05, 0.1) is 6.54 Å². The largest absolute Gasteiger partial charge is 0.355 e. The second kappa shape index (κ2) is 7.04. The van der Waals surface area contributed by atoms with Crippen molar-refractivity contribution in [1.29, 1.82) is 0 Å². The lowest BCUT2D eigenvalue weighted by Gasteiger charge is -2.12. The summed E-state index contributed by atoms with van der Waals surface area (Å²) in [6.07, 6.45) is 0.970. The first-order valence-corrected chi connectivity index (χ1v) is 7.05. The van der Waals surface area contributed by atoms with Crippen LogP contribution in [0.2, 0.25) is 0 Å². The van der Waals surface area contributed by atoms with E-state index in [4.69, 9.17) is 0 Å². The van der Waals surface area contributed by atoms with Crippen LogP contribution >= 0.6 is 27.3 Å². The SMILES string of the molecule is CCCNC(=O)CNC(C)c1sccc1Br. The van der Waals surface area contributed by atoms with Crippen LogP contribution in [0.4, 0.5) is 0 Å². The van der Waals surface area contributed by atoms with E-state index in [1.165, 1.54) is 4.88 Å². The molecule has 0 aliphatic carbocycles. The minimum absolute atomic E-state index is 0.0568. The molecule has 0 aliphatic rings. The summed E-state index contributed by atoms with van der Waals surface area (Å²) in [6.45, 7) is 5.21. The highest BCUT2D eigenvalue weighted by Gasteiger charge is 2.11. The van der Waals surface area contributed by atoms with Gasteiger partial charge in [0, 0.05) is 21.9 Å². The second-order valence-electron chi connectivity index (χ2n) is 3.59. The minimum Gasteiger partial charge on any atom is -0.355 e. The van der Waals surface area contributed by atoms with Gasteiger partial charge in [0.2, 0.25) is 5.91 Å². The third-order valence-electron chi connectivity index (χ3n) is 2.18. The van der Waals surface area contributed by atoms with E-state index in [1.54, 1.807) is 11.3 Å². The van der Waals surface area contributed by atoms with Gasteiger partial charge in [-0.2, -0.15) is 0 Å². The molecule has 3 nitrogen and oxygen atoms in total. The first kappa shape index (κ1) is 13.7. The molecule has 1 unspecified atom stereocenters. The summed E-state index contributed by atoms with van der Waals surface area (Å²) in [5, 5.41) is 8.08. The van der Waals surface area contributed by atoms with Crippen LogP contribution < -0.4 is 10.6 Å². The summed E-state index contributed by atoms with van der Waals surface area (Å²) in [5.41, 5.74) is 0. The van der Waals surface area contributed by atoms with Gasteiger partial charge < -0.3 is 10.6 Å². The summed E-state index contributed by atoms with van der Waals surface area (Å²) in [7, 11) is 0. The first-order valence-electron chi connectivity index (χ1n) is 5.38. The monoisotopic (exact) mass is 304 g/mol. The van der Waals surface area contributed by atoms with E-state index in [0.717, 1.165) is 17.4 Å². The number of carbonyl (C=O) groups excluding carboxylic acids is 1. The molecular weight excluding hydrogens is 288 g/mol. The summed E-state index contributed by atoms with van der Waals surface area (Å²) in [6, 6.07) is 2.22. The normalized spacial score (nSPS) is 12.4. The zero-order valence-corrected chi connectivity index (χ0v) is 12.0. The number of halogens is 1. The van der Waals surface area contributed by atoms with Gasteiger partial charge in [0.25, 0.3) is 0 Å². The van der Waals surface area contributed by atoms with Crippen molar-refractivity contribution in [2.45, 2.75) is 26.3 Å². The van der Waals surface area contributed by atoms with Crippen molar-refractivity contribution >= 4 is 33.2 Å². The molecule has 1 aromatic heterocycles. The van der Waals surface area contributed by atoms with Crippen LogP contribution in [0.3, 0.4) is 0 Å². The molecule has 0 saturated heterocycles. The third kappa shape index (κ3) is 4.23. The molecule has 0 aromatic carbocycles. The van der Waals surface area contributed by atoms with Crippen LogP contribution in [0.25, 0.3) is 0 Å². The maximum Gasteiger partial charge on any atom is 0.233 e. The van der Waals surface area contributed by atoms with E-state index >= 15 is 0 Å². The fraction of sp³-hybridized carbons (Fsp3) is 0.545. The van der Waals surface area contributed by atoms with Gasteiger partial charge in [0.1, 0.15) is 0 Å². The Morgan fingerprint density at radius 1 is 1.62 bits per heavy atom. The Balaban J connectivity index is 2.33. The lowest BCUT2D eigenvalue weighted by molar-refractivity contribution is -0.120. The molecule has 2 N–H and O–H groups in total. The number of hydrogen-bond donors (Lipinski definition) is 2. The Hall–Kier alpha value is -0.390. The van der Waals surface area contributed by atoms with Crippen LogP contribution in [0.15, 0.2) is 15.9 Å². The molecular formula is C11H17BrN2OS. The number of nitrogens with one attached hydrogen (secondary N) is 2. The number of amides is 1. The van der Waals surface area contributed by atoms with Crippen molar-refractivity contribution in [2.75, 3.05) is 13.1 Å². The van der Waals surface area contributed by atoms with Crippen molar-refractivity contribution in [3.8, 4) is 0 Å². The van der Waals surface area contributed by atoms with Gasteiger partial charge in [-0.15, -0.1) is 11.3 Å². The third-order valence-corrected chi connectivity index (χ3v) is 4.23.